The van der Waals surface area contributed by atoms with Gasteiger partial charge >= 0.3 is 0 Å². The summed E-state index contributed by atoms with van der Waals surface area (Å²) in [5, 5.41) is 11.1. The van der Waals surface area contributed by atoms with Gasteiger partial charge in [0.25, 0.3) is 0 Å². The average molecular weight is 527 g/mol. The molecule has 4 heterocycles. The van der Waals surface area contributed by atoms with E-state index in [4.69, 9.17) is 10.5 Å². The zero-order valence-electron chi connectivity index (χ0n) is 23.5. The van der Waals surface area contributed by atoms with E-state index in [0.717, 1.165) is 52.0 Å². The van der Waals surface area contributed by atoms with Gasteiger partial charge in [0.05, 0.1) is 30.6 Å². The molecule has 4 aliphatic heterocycles. The molecule has 5 aliphatic rings. The van der Waals surface area contributed by atoms with Gasteiger partial charge in [0, 0.05) is 56.1 Å². The average Bonchev–Trinajstić information content (AvgIpc) is 3.28. The number of carbonyl (C=O) groups is 1. The maximum absolute atomic E-state index is 12.0. The smallest absolute Gasteiger partial charge is 0.245 e. The van der Waals surface area contributed by atoms with Gasteiger partial charge in [0.15, 0.2) is 0 Å². The zero-order chi connectivity index (χ0) is 26.6. The highest BCUT2D eigenvalue weighted by Crippen LogP contribution is 2.42. The van der Waals surface area contributed by atoms with Gasteiger partial charge in [0.2, 0.25) is 5.91 Å². The molecule has 0 aromatic rings. The summed E-state index contributed by atoms with van der Waals surface area (Å²) in [5.41, 5.74) is 6.76. The molecule has 8 nitrogen and oxygen atoms in total. The van der Waals surface area contributed by atoms with Crippen molar-refractivity contribution >= 4 is 5.91 Å². The number of ether oxygens (including phenoxy) is 1. The van der Waals surface area contributed by atoms with Gasteiger partial charge in [-0.3, -0.25) is 20.3 Å². The Bertz CT molecular complexity index is 864. The third-order valence-electron chi connectivity index (χ3n) is 9.70. The van der Waals surface area contributed by atoms with Gasteiger partial charge in [-0.25, -0.2) is 0 Å². The SMILES string of the molecule is C=CC(=O)N1CCC(C#CC2C(C3CCC(OC4CCCCC4)CN3)C3C(N)NCNC3N2C(C)C)CC1. The second-order valence-corrected chi connectivity index (χ2v) is 12.4. The molecule has 212 valence electrons. The minimum Gasteiger partial charge on any atom is -0.374 e. The molecule has 0 radical (unpaired) electrons. The molecule has 1 saturated carbocycles. The number of nitrogens with one attached hydrogen (secondary N) is 3. The van der Waals surface area contributed by atoms with E-state index in [1.807, 2.05) is 4.90 Å². The summed E-state index contributed by atoms with van der Waals surface area (Å²) in [5.74, 6) is 8.46. The highest BCUT2D eigenvalue weighted by atomic mass is 16.5. The number of hydrogen-bond acceptors (Lipinski definition) is 7. The maximum Gasteiger partial charge on any atom is 0.245 e. The van der Waals surface area contributed by atoms with E-state index < -0.39 is 0 Å². The van der Waals surface area contributed by atoms with Crippen LogP contribution in [0, 0.1) is 29.6 Å². The molecule has 1 amide bonds. The predicted octanol–water partition coefficient (Wildman–Crippen LogP) is 1.97. The monoisotopic (exact) mass is 526 g/mol. The van der Waals surface area contributed by atoms with Crippen molar-refractivity contribution in [3.8, 4) is 11.8 Å². The Morgan fingerprint density at radius 2 is 1.74 bits per heavy atom. The van der Waals surface area contributed by atoms with Crippen molar-refractivity contribution in [2.75, 3.05) is 26.3 Å². The first-order chi connectivity index (χ1) is 18.5. The third kappa shape index (κ3) is 6.14. The van der Waals surface area contributed by atoms with Crippen LogP contribution in [0.4, 0.5) is 0 Å². The van der Waals surface area contributed by atoms with Crippen molar-refractivity contribution in [3.63, 3.8) is 0 Å². The van der Waals surface area contributed by atoms with Crippen LogP contribution in [0.5, 0.6) is 0 Å². The Morgan fingerprint density at radius 3 is 2.39 bits per heavy atom. The molecule has 0 aromatic heterocycles. The van der Waals surface area contributed by atoms with Crippen LogP contribution in [0.2, 0.25) is 0 Å². The summed E-state index contributed by atoms with van der Waals surface area (Å²) >= 11 is 0. The topological polar surface area (TPSA) is 94.9 Å². The van der Waals surface area contributed by atoms with Crippen molar-refractivity contribution in [2.24, 2.45) is 23.5 Å². The number of nitrogens with zero attached hydrogens (tertiary/aromatic N) is 2. The fraction of sp³-hybridized carbons (Fsp3) is 0.833. The van der Waals surface area contributed by atoms with Crippen LogP contribution in [0.1, 0.15) is 71.6 Å². The fourth-order valence-corrected chi connectivity index (χ4v) is 7.73. The van der Waals surface area contributed by atoms with Gasteiger partial charge in [-0.15, -0.1) is 0 Å². The number of amides is 1. The van der Waals surface area contributed by atoms with E-state index >= 15 is 0 Å². The molecular formula is C30H50N6O2. The molecular weight excluding hydrogens is 476 g/mol. The summed E-state index contributed by atoms with van der Waals surface area (Å²) in [6, 6.07) is 0.879. The number of fused-ring (bicyclic) bond motifs is 1. The van der Waals surface area contributed by atoms with E-state index in [1.165, 1.54) is 38.2 Å². The Balaban J connectivity index is 1.30. The van der Waals surface area contributed by atoms with Crippen LogP contribution in [0.3, 0.4) is 0 Å². The Kier molecular flexibility index (Phi) is 9.46. The number of likely N-dealkylation sites (tertiary alicyclic amines) is 2. The fourth-order valence-electron chi connectivity index (χ4n) is 7.73. The molecule has 4 saturated heterocycles. The van der Waals surface area contributed by atoms with E-state index in [2.05, 4.69) is 53.1 Å². The van der Waals surface area contributed by atoms with Crippen molar-refractivity contribution in [2.45, 2.75) is 114 Å². The lowest BCUT2D eigenvalue weighted by atomic mass is 9.77. The number of rotatable bonds is 5. The summed E-state index contributed by atoms with van der Waals surface area (Å²) in [6.07, 6.45) is 12.9. The molecule has 7 unspecified atom stereocenters. The number of nitrogens with two attached hydrogens (primary N) is 1. The van der Waals surface area contributed by atoms with E-state index in [0.29, 0.717) is 36.1 Å². The number of carbonyl (C=O) groups excluding carboxylic acids is 1. The summed E-state index contributed by atoms with van der Waals surface area (Å²) in [4.78, 5) is 16.5. The highest BCUT2D eigenvalue weighted by molar-refractivity contribution is 5.87. The van der Waals surface area contributed by atoms with Gasteiger partial charge in [-0.1, -0.05) is 37.7 Å². The minimum absolute atomic E-state index is 0.0315. The lowest BCUT2D eigenvalue weighted by Crippen LogP contribution is -2.65. The molecule has 7 atom stereocenters. The van der Waals surface area contributed by atoms with E-state index in [-0.39, 0.29) is 30.2 Å². The van der Waals surface area contributed by atoms with E-state index in [1.54, 1.807) is 0 Å². The van der Waals surface area contributed by atoms with Crippen LogP contribution in [-0.4, -0.2) is 84.7 Å². The van der Waals surface area contributed by atoms with Gasteiger partial charge in [-0.2, -0.15) is 0 Å². The molecule has 5 rings (SSSR count). The Labute approximate surface area is 229 Å². The van der Waals surface area contributed by atoms with E-state index in [9.17, 15) is 4.79 Å². The van der Waals surface area contributed by atoms with Crippen molar-refractivity contribution in [3.05, 3.63) is 12.7 Å². The number of hydrogen-bond donors (Lipinski definition) is 4. The predicted molar refractivity (Wildman–Crippen MR) is 151 cm³/mol. The standard InChI is InChI=1S/C30H50N6O2/c1-4-26(37)35-16-14-21(15-17-35)10-13-25-27(28-29(31)33-19-34-30(28)36(25)20(2)3)24-12-11-23(18-32-24)38-22-8-6-5-7-9-22/h4,20-25,27-30,32-34H,1,5-9,11-12,14-19,31H2,2-3H3. The normalized spacial score (nSPS) is 37.5. The Hall–Kier alpha value is -1.47. The molecule has 38 heavy (non-hydrogen) atoms. The van der Waals surface area contributed by atoms with Crippen LogP contribution in [0.25, 0.3) is 0 Å². The molecule has 5 N–H and O–H groups in total. The zero-order valence-corrected chi connectivity index (χ0v) is 23.5. The lowest BCUT2D eigenvalue weighted by Gasteiger charge is -2.42. The quantitative estimate of drug-likeness (QED) is 0.321. The summed E-state index contributed by atoms with van der Waals surface area (Å²) < 4.78 is 6.53. The van der Waals surface area contributed by atoms with Gasteiger partial charge in [0.1, 0.15) is 0 Å². The first-order valence-corrected chi connectivity index (χ1v) is 15.3. The second kappa shape index (κ2) is 12.8. The van der Waals surface area contributed by atoms with Crippen molar-refractivity contribution in [1.29, 1.82) is 0 Å². The number of piperidine rings is 2. The minimum atomic E-state index is -0.0505. The first-order valence-electron chi connectivity index (χ1n) is 15.3. The van der Waals surface area contributed by atoms with Crippen LogP contribution in [-0.2, 0) is 9.53 Å². The summed E-state index contributed by atoms with van der Waals surface area (Å²) in [6.45, 7) is 11.4. The molecule has 0 bridgehead atoms. The molecule has 1 aliphatic carbocycles. The van der Waals surface area contributed by atoms with Crippen molar-refractivity contribution < 1.29 is 9.53 Å². The largest absolute Gasteiger partial charge is 0.374 e. The van der Waals surface area contributed by atoms with Gasteiger partial charge in [-0.05, 0) is 58.4 Å². The second-order valence-electron chi connectivity index (χ2n) is 12.4. The van der Waals surface area contributed by atoms with Gasteiger partial charge < -0.3 is 20.7 Å². The molecule has 0 spiro atoms. The van der Waals surface area contributed by atoms with Crippen LogP contribution in [0.15, 0.2) is 12.7 Å². The molecule has 8 heteroatoms. The molecule has 0 aromatic carbocycles. The lowest BCUT2D eigenvalue weighted by molar-refractivity contribution is -0.127. The first kappa shape index (κ1) is 28.1. The molecule has 5 fully saturated rings. The highest BCUT2D eigenvalue weighted by Gasteiger charge is 2.55. The third-order valence-corrected chi connectivity index (χ3v) is 9.70. The maximum atomic E-state index is 12.0. The summed E-state index contributed by atoms with van der Waals surface area (Å²) in [7, 11) is 0. The van der Waals surface area contributed by atoms with Crippen molar-refractivity contribution in [1.82, 2.24) is 25.8 Å². The van der Waals surface area contributed by atoms with Crippen LogP contribution >= 0.6 is 0 Å². The van der Waals surface area contributed by atoms with Crippen LogP contribution < -0.4 is 21.7 Å². The Morgan fingerprint density at radius 1 is 0.974 bits per heavy atom.